The molecule has 1 aromatic carbocycles. The van der Waals surface area contributed by atoms with E-state index in [0.29, 0.717) is 13.2 Å². The first kappa shape index (κ1) is 12.7. The van der Waals surface area contributed by atoms with Crippen LogP contribution in [0.4, 0.5) is 0 Å². The Labute approximate surface area is 98.5 Å². The van der Waals surface area contributed by atoms with Crippen LogP contribution < -0.4 is 0 Å². The van der Waals surface area contributed by atoms with E-state index in [4.69, 9.17) is 4.74 Å². The predicted molar refractivity (Wildman–Crippen MR) is 70.3 cm³/mol. The highest BCUT2D eigenvalue weighted by atomic mass is 16.5. The molecule has 0 aliphatic rings. The first-order valence-electron chi connectivity index (χ1n) is 5.62. The molecule has 1 rings (SSSR count). The van der Waals surface area contributed by atoms with Gasteiger partial charge in [0.05, 0.1) is 13.2 Å². The van der Waals surface area contributed by atoms with Crippen molar-refractivity contribution in [2.45, 2.75) is 20.8 Å². The summed E-state index contributed by atoms with van der Waals surface area (Å²) in [6.45, 7) is 7.64. The molecule has 0 radical (unpaired) electrons. The third-order valence-corrected chi connectivity index (χ3v) is 2.15. The summed E-state index contributed by atoms with van der Waals surface area (Å²) in [6, 6.07) is 10.3. The maximum atomic E-state index is 5.53. The van der Waals surface area contributed by atoms with E-state index in [-0.39, 0.29) is 0 Å². The third-order valence-electron chi connectivity index (χ3n) is 2.15. The van der Waals surface area contributed by atoms with E-state index in [1.54, 1.807) is 0 Å². The van der Waals surface area contributed by atoms with Crippen molar-refractivity contribution in [2.24, 2.45) is 0 Å². The maximum absolute atomic E-state index is 5.53. The van der Waals surface area contributed by atoms with Crippen molar-refractivity contribution < 1.29 is 4.74 Å². The number of hydrogen-bond acceptors (Lipinski definition) is 1. The molecule has 16 heavy (non-hydrogen) atoms. The maximum Gasteiger partial charge on any atom is 0.0681 e. The molecule has 0 fully saturated rings. The van der Waals surface area contributed by atoms with Gasteiger partial charge in [-0.15, -0.1) is 0 Å². The van der Waals surface area contributed by atoms with Crippen molar-refractivity contribution in [3.05, 3.63) is 53.1 Å². The zero-order valence-electron chi connectivity index (χ0n) is 10.4. The van der Waals surface area contributed by atoms with Crippen molar-refractivity contribution in [1.29, 1.82) is 0 Å². The Morgan fingerprint density at radius 3 is 2.44 bits per heavy atom. The number of hydrogen-bond donors (Lipinski definition) is 0. The monoisotopic (exact) mass is 216 g/mol. The van der Waals surface area contributed by atoms with Gasteiger partial charge in [-0.25, -0.2) is 0 Å². The van der Waals surface area contributed by atoms with Gasteiger partial charge in [0, 0.05) is 0 Å². The molecule has 0 heterocycles. The lowest BCUT2D eigenvalue weighted by molar-refractivity contribution is 0.187. The summed E-state index contributed by atoms with van der Waals surface area (Å²) in [6.07, 6.45) is 4.25. The second kappa shape index (κ2) is 7.02. The number of ether oxygens (including phenoxy) is 1. The van der Waals surface area contributed by atoms with Crippen LogP contribution in [0.1, 0.15) is 26.3 Å². The van der Waals surface area contributed by atoms with Crippen LogP contribution in [0.2, 0.25) is 0 Å². The van der Waals surface area contributed by atoms with Gasteiger partial charge in [0.25, 0.3) is 0 Å². The average Bonchev–Trinajstić information content (AvgIpc) is 2.25. The van der Waals surface area contributed by atoms with Gasteiger partial charge >= 0.3 is 0 Å². The molecule has 0 amide bonds. The highest BCUT2D eigenvalue weighted by Gasteiger charge is 1.91. The zero-order chi connectivity index (χ0) is 11.8. The minimum atomic E-state index is 0.693. The Kier molecular flexibility index (Phi) is 5.58. The molecule has 0 bridgehead atoms. The van der Waals surface area contributed by atoms with Gasteiger partial charge < -0.3 is 4.74 Å². The average molecular weight is 216 g/mol. The molecular formula is C15H20O. The smallest absolute Gasteiger partial charge is 0.0681 e. The second-order valence-corrected chi connectivity index (χ2v) is 4.20. The summed E-state index contributed by atoms with van der Waals surface area (Å²) in [5, 5.41) is 0. The summed E-state index contributed by atoms with van der Waals surface area (Å²) in [7, 11) is 0. The van der Waals surface area contributed by atoms with Crippen LogP contribution in [0.25, 0.3) is 6.08 Å². The van der Waals surface area contributed by atoms with Gasteiger partial charge in [0.1, 0.15) is 0 Å². The van der Waals surface area contributed by atoms with Gasteiger partial charge in [-0.05, 0) is 31.9 Å². The Morgan fingerprint density at radius 2 is 1.81 bits per heavy atom. The minimum absolute atomic E-state index is 0.693. The molecule has 0 saturated heterocycles. The fourth-order valence-electron chi connectivity index (χ4n) is 1.32. The minimum Gasteiger partial charge on any atom is -0.373 e. The Morgan fingerprint density at radius 1 is 1.12 bits per heavy atom. The normalized spacial score (nSPS) is 11.3. The molecule has 86 valence electrons. The van der Waals surface area contributed by atoms with Crippen LogP contribution in [0, 0.1) is 0 Å². The predicted octanol–water partition coefficient (Wildman–Crippen LogP) is 4.07. The lowest BCUT2D eigenvalue weighted by Crippen LogP contribution is -1.96. The van der Waals surface area contributed by atoms with Gasteiger partial charge in [0.15, 0.2) is 0 Å². The summed E-state index contributed by atoms with van der Waals surface area (Å²) >= 11 is 0. The van der Waals surface area contributed by atoms with Crippen molar-refractivity contribution in [3.8, 4) is 0 Å². The van der Waals surface area contributed by atoms with E-state index in [2.05, 4.69) is 45.1 Å². The van der Waals surface area contributed by atoms with E-state index in [0.717, 1.165) is 0 Å². The molecule has 0 atom stereocenters. The van der Waals surface area contributed by atoms with E-state index in [1.165, 1.54) is 16.7 Å². The standard InChI is InChI=1S/C15H20O/c1-13(2)9-10-16-12-14(3)11-15-7-5-4-6-8-15/h4-9,11H,10,12H2,1-3H3/b14-11+. The van der Waals surface area contributed by atoms with Crippen molar-refractivity contribution in [2.75, 3.05) is 13.2 Å². The summed E-state index contributed by atoms with van der Waals surface area (Å²) in [4.78, 5) is 0. The highest BCUT2D eigenvalue weighted by Crippen LogP contribution is 2.06. The van der Waals surface area contributed by atoms with Crippen molar-refractivity contribution in [3.63, 3.8) is 0 Å². The molecule has 0 aromatic heterocycles. The van der Waals surface area contributed by atoms with E-state index in [9.17, 15) is 0 Å². The molecular weight excluding hydrogens is 196 g/mol. The van der Waals surface area contributed by atoms with Crippen molar-refractivity contribution in [1.82, 2.24) is 0 Å². The van der Waals surface area contributed by atoms with E-state index < -0.39 is 0 Å². The Hall–Kier alpha value is -1.34. The van der Waals surface area contributed by atoms with Crippen LogP contribution in [0.5, 0.6) is 0 Å². The Balaban J connectivity index is 2.38. The van der Waals surface area contributed by atoms with Crippen LogP contribution in [-0.4, -0.2) is 13.2 Å². The van der Waals surface area contributed by atoms with Crippen LogP contribution in [0.3, 0.4) is 0 Å². The summed E-state index contributed by atoms with van der Waals surface area (Å²) in [5.41, 5.74) is 3.77. The first-order chi connectivity index (χ1) is 7.68. The largest absolute Gasteiger partial charge is 0.373 e. The topological polar surface area (TPSA) is 9.23 Å². The van der Waals surface area contributed by atoms with E-state index in [1.807, 2.05) is 18.2 Å². The van der Waals surface area contributed by atoms with Crippen molar-refractivity contribution >= 4 is 6.08 Å². The quantitative estimate of drug-likeness (QED) is 0.532. The van der Waals surface area contributed by atoms with Gasteiger partial charge in [-0.3, -0.25) is 0 Å². The number of allylic oxidation sites excluding steroid dienone is 1. The first-order valence-corrected chi connectivity index (χ1v) is 5.62. The summed E-state index contributed by atoms with van der Waals surface area (Å²) < 4.78 is 5.53. The fourth-order valence-corrected chi connectivity index (χ4v) is 1.32. The molecule has 0 aliphatic heterocycles. The lowest BCUT2D eigenvalue weighted by atomic mass is 10.1. The van der Waals surface area contributed by atoms with Gasteiger partial charge in [0.2, 0.25) is 0 Å². The fraction of sp³-hybridized carbons (Fsp3) is 0.333. The lowest BCUT2D eigenvalue weighted by Gasteiger charge is -2.02. The summed E-state index contributed by atoms with van der Waals surface area (Å²) in [5.74, 6) is 0. The third kappa shape index (κ3) is 5.52. The highest BCUT2D eigenvalue weighted by molar-refractivity contribution is 5.52. The second-order valence-electron chi connectivity index (χ2n) is 4.20. The Bertz CT molecular complexity index is 356. The molecule has 0 unspecified atom stereocenters. The van der Waals surface area contributed by atoms with Gasteiger partial charge in [-0.1, -0.05) is 48.1 Å². The molecule has 0 N–H and O–H groups in total. The zero-order valence-corrected chi connectivity index (χ0v) is 10.4. The molecule has 1 nitrogen and oxygen atoms in total. The SMILES string of the molecule is CC(C)=CCOC/C(C)=C/c1ccccc1. The van der Waals surface area contributed by atoms with Crippen LogP contribution in [0.15, 0.2) is 47.6 Å². The van der Waals surface area contributed by atoms with E-state index >= 15 is 0 Å². The number of benzene rings is 1. The molecule has 0 aliphatic carbocycles. The van der Waals surface area contributed by atoms with Crippen LogP contribution >= 0.6 is 0 Å². The molecule has 0 saturated carbocycles. The molecule has 1 aromatic rings. The van der Waals surface area contributed by atoms with Crippen LogP contribution in [-0.2, 0) is 4.74 Å². The van der Waals surface area contributed by atoms with Gasteiger partial charge in [-0.2, -0.15) is 0 Å². The molecule has 0 spiro atoms. The molecule has 1 heteroatoms. The number of rotatable bonds is 5.